The van der Waals surface area contributed by atoms with Crippen LogP contribution in [0.25, 0.3) is 0 Å². The van der Waals surface area contributed by atoms with E-state index >= 15 is 0 Å². The number of carbonyl (C=O) groups is 3. The highest BCUT2D eigenvalue weighted by Gasteiger charge is 2.38. The second-order valence-corrected chi connectivity index (χ2v) is 9.07. The lowest BCUT2D eigenvalue weighted by molar-refractivity contribution is -0.139. The molecule has 3 heterocycles. The number of piperidine rings is 1. The summed E-state index contributed by atoms with van der Waals surface area (Å²) >= 11 is 0. The Kier molecular flexibility index (Phi) is 7.29. The van der Waals surface area contributed by atoms with Gasteiger partial charge in [0.25, 0.3) is 5.91 Å². The van der Waals surface area contributed by atoms with Crippen LogP contribution in [-0.2, 0) is 19.1 Å². The van der Waals surface area contributed by atoms with E-state index in [1.54, 1.807) is 0 Å². The quantitative estimate of drug-likeness (QED) is 0.663. The first-order valence-electron chi connectivity index (χ1n) is 11.6. The summed E-state index contributed by atoms with van der Waals surface area (Å²) in [5.41, 5.74) is 1.10. The van der Waals surface area contributed by atoms with Crippen LogP contribution in [0.1, 0.15) is 24.8 Å². The number of benzene rings is 1. The van der Waals surface area contributed by atoms with E-state index < -0.39 is 0 Å². The van der Waals surface area contributed by atoms with Crippen molar-refractivity contribution in [2.24, 2.45) is 11.8 Å². The van der Waals surface area contributed by atoms with Crippen LogP contribution in [0.2, 0.25) is 0 Å². The molecule has 8 heteroatoms. The zero-order valence-corrected chi connectivity index (χ0v) is 18.8. The smallest absolute Gasteiger partial charge is 0.260 e. The molecule has 0 aliphatic carbocycles. The Morgan fingerprint density at radius 2 is 1.84 bits per heavy atom. The molecule has 0 bridgehead atoms. The standard InChI is InChI=1S/C24H33N3O5/c1-18-3-2-4-21(13-18)32-17-23(29)25-7-5-19(6-8-25)15-27-16-20(14-22(27)28)24(30)26-9-11-31-12-10-26/h2-4,13,19-20H,5-12,14-17H2,1H3/t20-/m0/s1. The number of morpholine rings is 1. The summed E-state index contributed by atoms with van der Waals surface area (Å²) in [6.07, 6.45) is 2.04. The zero-order chi connectivity index (χ0) is 22.5. The van der Waals surface area contributed by atoms with E-state index in [0.717, 1.165) is 18.4 Å². The van der Waals surface area contributed by atoms with Gasteiger partial charge in [0, 0.05) is 45.7 Å². The summed E-state index contributed by atoms with van der Waals surface area (Å²) in [6.45, 7) is 6.96. The molecule has 0 N–H and O–H groups in total. The third-order valence-electron chi connectivity index (χ3n) is 6.68. The maximum absolute atomic E-state index is 12.7. The summed E-state index contributed by atoms with van der Waals surface area (Å²) in [5, 5.41) is 0. The Labute approximate surface area is 189 Å². The van der Waals surface area contributed by atoms with Crippen LogP contribution in [0.4, 0.5) is 0 Å². The van der Waals surface area contributed by atoms with E-state index in [1.807, 2.05) is 45.9 Å². The maximum atomic E-state index is 12.7. The Balaban J connectivity index is 1.19. The van der Waals surface area contributed by atoms with Crippen molar-refractivity contribution in [3.63, 3.8) is 0 Å². The van der Waals surface area contributed by atoms with Gasteiger partial charge in [-0.05, 0) is 43.4 Å². The number of likely N-dealkylation sites (tertiary alicyclic amines) is 2. The molecule has 1 atom stereocenters. The second-order valence-electron chi connectivity index (χ2n) is 9.07. The number of ether oxygens (including phenoxy) is 2. The van der Waals surface area contributed by atoms with Crippen molar-refractivity contribution >= 4 is 17.7 Å². The Hall–Kier alpha value is -2.61. The van der Waals surface area contributed by atoms with Crippen LogP contribution >= 0.6 is 0 Å². The van der Waals surface area contributed by atoms with Gasteiger partial charge < -0.3 is 24.2 Å². The first kappa shape index (κ1) is 22.6. The van der Waals surface area contributed by atoms with Gasteiger partial charge in [-0.1, -0.05) is 12.1 Å². The summed E-state index contributed by atoms with van der Waals surface area (Å²) in [5.74, 6) is 0.985. The molecule has 1 aromatic rings. The maximum Gasteiger partial charge on any atom is 0.260 e. The predicted molar refractivity (Wildman–Crippen MR) is 118 cm³/mol. The monoisotopic (exact) mass is 443 g/mol. The number of aryl methyl sites for hydroxylation is 1. The van der Waals surface area contributed by atoms with Gasteiger partial charge >= 0.3 is 0 Å². The summed E-state index contributed by atoms with van der Waals surface area (Å²) in [6, 6.07) is 7.69. The molecule has 0 spiro atoms. The fourth-order valence-electron chi connectivity index (χ4n) is 4.77. The van der Waals surface area contributed by atoms with Gasteiger partial charge in [0.05, 0.1) is 19.1 Å². The van der Waals surface area contributed by atoms with Crippen molar-refractivity contribution in [2.75, 3.05) is 59.1 Å². The number of amides is 3. The Bertz CT molecular complexity index is 831. The van der Waals surface area contributed by atoms with Gasteiger partial charge in [0.2, 0.25) is 11.8 Å². The second kappa shape index (κ2) is 10.3. The normalized spacial score (nSPS) is 22.3. The first-order valence-corrected chi connectivity index (χ1v) is 11.6. The van der Waals surface area contributed by atoms with Crippen LogP contribution < -0.4 is 4.74 Å². The van der Waals surface area contributed by atoms with Gasteiger partial charge in [-0.2, -0.15) is 0 Å². The van der Waals surface area contributed by atoms with Crippen molar-refractivity contribution < 1.29 is 23.9 Å². The molecule has 32 heavy (non-hydrogen) atoms. The highest BCUT2D eigenvalue weighted by molar-refractivity contribution is 5.89. The van der Waals surface area contributed by atoms with Gasteiger partial charge in [0.1, 0.15) is 5.75 Å². The molecule has 1 aromatic carbocycles. The molecule has 3 aliphatic rings. The summed E-state index contributed by atoms with van der Waals surface area (Å²) in [7, 11) is 0. The minimum absolute atomic E-state index is 0.00150. The number of hydrogen-bond donors (Lipinski definition) is 0. The van der Waals surface area contributed by atoms with E-state index in [4.69, 9.17) is 9.47 Å². The summed E-state index contributed by atoms with van der Waals surface area (Å²) < 4.78 is 11.0. The Morgan fingerprint density at radius 3 is 2.56 bits per heavy atom. The van der Waals surface area contributed by atoms with Crippen molar-refractivity contribution in [3.05, 3.63) is 29.8 Å². The van der Waals surface area contributed by atoms with E-state index in [0.29, 0.717) is 70.6 Å². The molecular formula is C24H33N3O5. The molecule has 3 amide bonds. The highest BCUT2D eigenvalue weighted by atomic mass is 16.5. The van der Waals surface area contributed by atoms with E-state index in [1.165, 1.54) is 0 Å². The Morgan fingerprint density at radius 1 is 1.09 bits per heavy atom. The number of nitrogens with zero attached hydrogens (tertiary/aromatic N) is 3. The van der Waals surface area contributed by atoms with Gasteiger partial charge in [-0.25, -0.2) is 0 Å². The summed E-state index contributed by atoms with van der Waals surface area (Å²) in [4.78, 5) is 43.3. The fourth-order valence-corrected chi connectivity index (χ4v) is 4.77. The predicted octanol–water partition coefficient (Wildman–Crippen LogP) is 1.32. The SMILES string of the molecule is Cc1cccc(OCC(=O)N2CCC(CN3C[C@@H](C(=O)N4CCOCC4)CC3=O)CC2)c1. The molecule has 8 nitrogen and oxygen atoms in total. The minimum atomic E-state index is -0.235. The van der Waals surface area contributed by atoms with Crippen molar-refractivity contribution in [1.82, 2.24) is 14.7 Å². The van der Waals surface area contributed by atoms with Crippen molar-refractivity contribution in [3.8, 4) is 5.75 Å². The molecule has 3 saturated heterocycles. The van der Waals surface area contributed by atoms with Crippen LogP contribution in [0.5, 0.6) is 5.75 Å². The molecule has 0 radical (unpaired) electrons. The van der Waals surface area contributed by atoms with Crippen LogP contribution in [-0.4, -0.2) is 91.5 Å². The molecule has 3 fully saturated rings. The number of rotatable bonds is 6. The van der Waals surface area contributed by atoms with Crippen molar-refractivity contribution in [1.29, 1.82) is 0 Å². The average molecular weight is 444 g/mol. The van der Waals surface area contributed by atoms with E-state index in [9.17, 15) is 14.4 Å². The van der Waals surface area contributed by atoms with Crippen LogP contribution in [0, 0.1) is 18.8 Å². The fraction of sp³-hybridized carbons (Fsp3) is 0.625. The lowest BCUT2D eigenvalue weighted by Crippen LogP contribution is -2.45. The van der Waals surface area contributed by atoms with E-state index in [2.05, 4.69) is 0 Å². The molecular weight excluding hydrogens is 410 g/mol. The molecule has 174 valence electrons. The van der Waals surface area contributed by atoms with Gasteiger partial charge in [-0.3, -0.25) is 14.4 Å². The van der Waals surface area contributed by atoms with Crippen LogP contribution in [0.3, 0.4) is 0 Å². The molecule has 0 saturated carbocycles. The van der Waals surface area contributed by atoms with E-state index in [-0.39, 0.29) is 30.2 Å². The third kappa shape index (κ3) is 5.59. The lowest BCUT2D eigenvalue weighted by Gasteiger charge is -2.34. The third-order valence-corrected chi connectivity index (χ3v) is 6.68. The van der Waals surface area contributed by atoms with Crippen molar-refractivity contribution in [2.45, 2.75) is 26.2 Å². The average Bonchev–Trinajstić information content (AvgIpc) is 3.18. The number of carbonyl (C=O) groups excluding carboxylic acids is 3. The molecule has 0 aromatic heterocycles. The van der Waals surface area contributed by atoms with Crippen LogP contribution in [0.15, 0.2) is 24.3 Å². The molecule has 0 unspecified atom stereocenters. The lowest BCUT2D eigenvalue weighted by atomic mass is 9.96. The largest absolute Gasteiger partial charge is 0.484 e. The topological polar surface area (TPSA) is 79.4 Å². The van der Waals surface area contributed by atoms with Gasteiger partial charge in [-0.15, -0.1) is 0 Å². The first-order chi connectivity index (χ1) is 15.5. The number of hydrogen-bond acceptors (Lipinski definition) is 5. The molecule has 4 rings (SSSR count). The minimum Gasteiger partial charge on any atom is -0.484 e. The van der Waals surface area contributed by atoms with Gasteiger partial charge in [0.15, 0.2) is 6.61 Å². The highest BCUT2D eigenvalue weighted by Crippen LogP contribution is 2.25. The molecule has 3 aliphatic heterocycles. The zero-order valence-electron chi connectivity index (χ0n) is 18.8.